The van der Waals surface area contributed by atoms with Crippen LogP contribution in [0.5, 0.6) is 5.75 Å². The first-order chi connectivity index (χ1) is 9.74. The third kappa shape index (κ3) is 2.82. The Balaban J connectivity index is 2.42. The van der Waals surface area contributed by atoms with Crippen molar-refractivity contribution in [1.29, 1.82) is 0 Å². The number of benzene rings is 1. The minimum atomic E-state index is -0.150. The van der Waals surface area contributed by atoms with Crippen molar-refractivity contribution in [3.05, 3.63) is 41.7 Å². The molecular formula is C14H20N4OS. The van der Waals surface area contributed by atoms with Crippen molar-refractivity contribution >= 4 is 11.8 Å². The van der Waals surface area contributed by atoms with Crippen LogP contribution in [0.15, 0.2) is 35.4 Å². The summed E-state index contributed by atoms with van der Waals surface area (Å²) in [6, 6.07) is 8.17. The van der Waals surface area contributed by atoms with Crippen LogP contribution in [0.1, 0.15) is 24.2 Å². The van der Waals surface area contributed by atoms with Gasteiger partial charge in [0.15, 0.2) is 5.75 Å². The highest BCUT2D eigenvalue weighted by atomic mass is 32.2. The predicted octanol–water partition coefficient (Wildman–Crippen LogP) is 2.19. The Kier molecular flexibility index (Phi) is 5.05. The van der Waals surface area contributed by atoms with Gasteiger partial charge in [0.05, 0.1) is 19.3 Å². The number of hydrogen-bond acceptors (Lipinski definition) is 5. The molecule has 1 unspecified atom stereocenters. The van der Waals surface area contributed by atoms with Gasteiger partial charge in [-0.3, -0.25) is 10.5 Å². The van der Waals surface area contributed by atoms with Crippen LogP contribution in [0.2, 0.25) is 0 Å². The summed E-state index contributed by atoms with van der Waals surface area (Å²) >= 11 is 1.72. The number of aryl methyl sites for hydroxylation is 1. The van der Waals surface area contributed by atoms with Crippen molar-refractivity contribution in [3.8, 4) is 5.75 Å². The Morgan fingerprint density at radius 3 is 2.60 bits per heavy atom. The topological polar surface area (TPSA) is 65.1 Å². The number of nitrogens with one attached hydrogen (secondary N) is 1. The quantitative estimate of drug-likeness (QED) is 0.485. The summed E-state index contributed by atoms with van der Waals surface area (Å²) in [7, 11) is 1.64. The third-order valence-corrected chi connectivity index (χ3v) is 4.00. The minimum absolute atomic E-state index is 0.150. The lowest BCUT2D eigenvalue weighted by atomic mass is 10.0. The van der Waals surface area contributed by atoms with Crippen LogP contribution < -0.4 is 16.0 Å². The van der Waals surface area contributed by atoms with Gasteiger partial charge in [-0.25, -0.2) is 5.43 Å². The van der Waals surface area contributed by atoms with Gasteiger partial charge >= 0.3 is 0 Å². The summed E-state index contributed by atoms with van der Waals surface area (Å²) in [6.45, 7) is 2.81. The molecule has 1 aromatic heterocycles. The lowest BCUT2D eigenvalue weighted by Crippen LogP contribution is -2.31. The van der Waals surface area contributed by atoms with E-state index in [1.165, 1.54) is 4.90 Å². The highest BCUT2D eigenvalue weighted by Crippen LogP contribution is 2.30. The molecule has 0 saturated heterocycles. The van der Waals surface area contributed by atoms with Gasteiger partial charge in [-0.1, -0.05) is 12.1 Å². The average molecular weight is 292 g/mol. The number of methoxy groups -OCH3 is 1. The fourth-order valence-electron chi connectivity index (χ4n) is 2.21. The van der Waals surface area contributed by atoms with E-state index < -0.39 is 0 Å². The molecule has 0 fully saturated rings. The van der Waals surface area contributed by atoms with Crippen LogP contribution in [0, 0.1) is 0 Å². The van der Waals surface area contributed by atoms with Gasteiger partial charge < -0.3 is 4.74 Å². The molecule has 0 bridgehead atoms. The normalized spacial score (nSPS) is 12.4. The summed E-state index contributed by atoms with van der Waals surface area (Å²) in [5.74, 6) is 6.50. The second kappa shape index (κ2) is 6.78. The molecule has 3 N–H and O–H groups in total. The van der Waals surface area contributed by atoms with Crippen LogP contribution >= 0.6 is 11.8 Å². The standard InChI is InChI=1S/C14H20N4OS/c1-4-18-14(12(19-2)9-16-18)13(17-15)10-5-7-11(20-3)8-6-10/h5-9,13,17H,4,15H2,1-3H3. The zero-order valence-corrected chi connectivity index (χ0v) is 12.8. The summed E-state index contributed by atoms with van der Waals surface area (Å²) in [6.07, 6.45) is 3.78. The number of hydrogen-bond donors (Lipinski definition) is 2. The first-order valence-electron chi connectivity index (χ1n) is 6.44. The molecule has 0 aliphatic heterocycles. The number of nitrogens with two attached hydrogens (primary N) is 1. The first kappa shape index (κ1) is 14.9. The average Bonchev–Trinajstić information content (AvgIpc) is 2.91. The fourth-order valence-corrected chi connectivity index (χ4v) is 2.62. The van der Waals surface area contributed by atoms with E-state index in [1.54, 1.807) is 25.1 Å². The molecule has 0 radical (unpaired) electrons. The van der Waals surface area contributed by atoms with Crippen LogP contribution in [0.4, 0.5) is 0 Å². The molecule has 2 rings (SSSR count). The minimum Gasteiger partial charge on any atom is -0.493 e. The molecule has 1 heterocycles. The van der Waals surface area contributed by atoms with Crippen molar-refractivity contribution in [2.24, 2.45) is 5.84 Å². The molecule has 1 atom stereocenters. The monoisotopic (exact) mass is 292 g/mol. The van der Waals surface area contributed by atoms with E-state index in [4.69, 9.17) is 10.6 Å². The van der Waals surface area contributed by atoms with Crippen molar-refractivity contribution in [1.82, 2.24) is 15.2 Å². The molecule has 108 valence electrons. The molecule has 0 saturated carbocycles. The highest BCUT2D eigenvalue weighted by Gasteiger charge is 2.22. The largest absolute Gasteiger partial charge is 0.493 e. The summed E-state index contributed by atoms with van der Waals surface area (Å²) in [4.78, 5) is 1.22. The second-order valence-electron chi connectivity index (χ2n) is 4.29. The zero-order chi connectivity index (χ0) is 14.5. The van der Waals surface area contributed by atoms with E-state index in [1.807, 2.05) is 11.6 Å². The Bertz CT molecular complexity index is 531. The van der Waals surface area contributed by atoms with Crippen molar-refractivity contribution in [2.75, 3.05) is 13.4 Å². The van der Waals surface area contributed by atoms with Crippen LogP contribution in [-0.2, 0) is 6.54 Å². The smallest absolute Gasteiger partial charge is 0.161 e. The Morgan fingerprint density at radius 1 is 1.40 bits per heavy atom. The number of thioether (sulfide) groups is 1. The van der Waals surface area contributed by atoms with E-state index in [0.29, 0.717) is 0 Å². The number of ether oxygens (including phenoxy) is 1. The first-order valence-corrected chi connectivity index (χ1v) is 7.67. The maximum atomic E-state index is 5.76. The molecule has 5 nitrogen and oxygen atoms in total. The van der Waals surface area contributed by atoms with Gasteiger partial charge in [0, 0.05) is 11.4 Å². The highest BCUT2D eigenvalue weighted by molar-refractivity contribution is 7.98. The number of hydrazine groups is 1. The predicted molar refractivity (Wildman–Crippen MR) is 81.8 cm³/mol. The van der Waals surface area contributed by atoms with Gasteiger partial charge in [0.2, 0.25) is 0 Å². The Labute approximate surface area is 123 Å². The molecule has 0 amide bonds. The molecule has 6 heteroatoms. The van der Waals surface area contributed by atoms with Gasteiger partial charge in [0.1, 0.15) is 5.69 Å². The number of nitrogens with zero attached hydrogens (tertiary/aromatic N) is 2. The SMILES string of the molecule is CCn1ncc(OC)c1C(NN)c1ccc(SC)cc1. The summed E-state index contributed by atoms with van der Waals surface area (Å²) in [5.41, 5.74) is 4.88. The van der Waals surface area contributed by atoms with E-state index in [9.17, 15) is 0 Å². The second-order valence-corrected chi connectivity index (χ2v) is 5.17. The Hall–Kier alpha value is -1.50. The third-order valence-electron chi connectivity index (χ3n) is 3.25. The van der Waals surface area contributed by atoms with Crippen molar-refractivity contribution < 1.29 is 4.74 Å². The fraction of sp³-hybridized carbons (Fsp3) is 0.357. The van der Waals surface area contributed by atoms with Gasteiger partial charge in [-0.2, -0.15) is 5.10 Å². The van der Waals surface area contributed by atoms with Gasteiger partial charge in [0.25, 0.3) is 0 Å². The van der Waals surface area contributed by atoms with Gasteiger partial charge in [-0.15, -0.1) is 11.8 Å². The molecule has 20 heavy (non-hydrogen) atoms. The van der Waals surface area contributed by atoms with E-state index in [0.717, 1.165) is 23.6 Å². The molecular weight excluding hydrogens is 272 g/mol. The van der Waals surface area contributed by atoms with Crippen molar-refractivity contribution in [3.63, 3.8) is 0 Å². The van der Waals surface area contributed by atoms with Gasteiger partial charge in [-0.05, 0) is 30.9 Å². The molecule has 0 spiro atoms. The van der Waals surface area contributed by atoms with E-state index in [2.05, 4.69) is 41.0 Å². The zero-order valence-electron chi connectivity index (χ0n) is 12.0. The molecule has 0 aliphatic carbocycles. The van der Waals surface area contributed by atoms with Crippen LogP contribution in [0.3, 0.4) is 0 Å². The number of rotatable bonds is 6. The number of aromatic nitrogens is 2. The summed E-state index contributed by atoms with van der Waals surface area (Å²) < 4.78 is 7.29. The molecule has 2 aromatic rings. The van der Waals surface area contributed by atoms with Crippen LogP contribution in [0.25, 0.3) is 0 Å². The Morgan fingerprint density at radius 2 is 2.10 bits per heavy atom. The van der Waals surface area contributed by atoms with Crippen LogP contribution in [-0.4, -0.2) is 23.1 Å². The molecule has 1 aromatic carbocycles. The maximum Gasteiger partial charge on any atom is 0.161 e. The lowest BCUT2D eigenvalue weighted by Gasteiger charge is -2.19. The van der Waals surface area contributed by atoms with E-state index >= 15 is 0 Å². The molecule has 0 aliphatic rings. The van der Waals surface area contributed by atoms with Crippen molar-refractivity contribution in [2.45, 2.75) is 24.4 Å². The summed E-state index contributed by atoms with van der Waals surface area (Å²) in [5, 5.41) is 4.33. The van der Waals surface area contributed by atoms with E-state index in [-0.39, 0.29) is 6.04 Å². The lowest BCUT2D eigenvalue weighted by molar-refractivity contribution is 0.399. The maximum absolute atomic E-state index is 5.76.